The van der Waals surface area contributed by atoms with E-state index in [1.54, 1.807) is 4.90 Å². The second-order valence-electron chi connectivity index (χ2n) is 15.9. The lowest BCUT2D eigenvalue weighted by molar-refractivity contribution is -0.142. The first-order valence-electron chi connectivity index (χ1n) is 19.6. The molecule has 4 heterocycles. The van der Waals surface area contributed by atoms with Crippen molar-refractivity contribution >= 4 is 39.7 Å². The molecule has 2 aliphatic carbocycles. The Morgan fingerprint density at radius 2 is 1.54 bits per heavy atom. The number of sulfonamides is 1. The number of carbonyl (C=O) groups is 5. The van der Waals surface area contributed by atoms with Crippen LogP contribution in [0, 0.1) is 5.92 Å². The van der Waals surface area contributed by atoms with Gasteiger partial charge in [-0.2, -0.15) is 0 Å². The van der Waals surface area contributed by atoms with Crippen LogP contribution < -0.4 is 15.4 Å². The second-order valence-corrected chi connectivity index (χ2v) is 17.9. The van der Waals surface area contributed by atoms with Crippen LogP contribution in [0.2, 0.25) is 0 Å². The molecule has 7 rings (SSSR count). The summed E-state index contributed by atoms with van der Waals surface area (Å²) in [7, 11) is -3.85. The Morgan fingerprint density at radius 1 is 0.846 bits per heavy atom. The molecule has 1 aromatic carbocycles. The zero-order valence-electron chi connectivity index (χ0n) is 30.0. The Hall–Kier alpha value is -3.68. The number of hydrogen-bond acceptors (Lipinski definition) is 8. The van der Waals surface area contributed by atoms with Gasteiger partial charge in [0, 0.05) is 25.9 Å². The number of nitrogens with one attached hydrogen (secondary N) is 3. The Labute approximate surface area is 306 Å². The third-order valence-electron chi connectivity index (χ3n) is 12.0. The van der Waals surface area contributed by atoms with Crippen molar-refractivity contribution in [2.45, 2.75) is 158 Å². The summed E-state index contributed by atoms with van der Waals surface area (Å²) in [6.07, 6.45) is 11.2. The zero-order valence-corrected chi connectivity index (χ0v) is 30.9. The molecule has 13 nitrogen and oxygen atoms in total. The molecule has 0 aromatic heterocycles. The summed E-state index contributed by atoms with van der Waals surface area (Å²) in [6, 6.07) is 4.24. The summed E-state index contributed by atoms with van der Waals surface area (Å²) in [5.74, 6) is -2.19. The fourth-order valence-electron chi connectivity index (χ4n) is 8.72. The van der Waals surface area contributed by atoms with E-state index >= 15 is 0 Å². The van der Waals surface area contributed by atoms with Crippen molar-refractivity contribution in [3.8, 4) is 0 Å². The first kappa shape index (κ1) is 36.7. The van der Waals surface area contributed by atoms with Crippen molar-refractivity contribution in [1.82, 2.24) is 25.2 Å². The minimum absolute atomic E-state index is 0.0127. The summed E-state index contributed by atoms with van der Waals surface area (Å²) >= 11 is 0. The first-order valence-corrected chi connectivity index (χ1v) is 21.1. The Kier molecular flexibility index (Phi) is 10.8. The van der Waals surface area contributed by atoms with Crippen molar-refractivity contribution in [2.75, 3.05) is 6.54 Å². The number of ether oxygens (including phenoxy) is 1. The van der Waals surface area contributed by atoms with Gasteiger partial charge in [0.25, 0.3) is 5.91 Å². The molecule has 0 spiro atoms. The number of rotatable bonds is 3. The van der Waals surface area contributed by atoms with Crippen molar-refractivity contribution in [2.24, 2.45) is 5.92 Å². The third kappa shape index (κ3) is 8.11. The fraction of sp³-hybridized carbons (Fsp3) is 0.711. The summed E-state index contributed by atoms with van der Waals surface area (Å²) in [5, 5.41) is 5.29. The molecule has 1 aromatic rings. The van der Waals surface area contributed by atoms with Crippen molar-refractivity contribution in [1.29, 1.82) is 0 Å². The van der Waals surface area contributed by atoms with Crippen molar-refractivity contribution in [3.05, 3.63) is 34.9 Å². The van der Waals surface area contributed by atoms with E-state index in [1.165, 1.54) is 10.5 Å². The van der Waals surface area contributed by atoms with Crippen LogP contribution in [-0.4, -0.2) is 83.5 Å². The normalized spacial score (nSPS) is 31.0. The smallest absolute Gasteiger partial charge is 0.410 e. The molecule has 3 N–H and O–H groups in total. The summed E-state index contributed by atoms with van der Waals surface area (Å²) in [5.41, 5.74) is 2.06. The van der Waals surface area contributed by atoms with Crippen molar-refractivity contribution < 1.29 is 37.1 Å². The Bertz CT molecular complexity index is 1680. The number of hydrogen-bond donors (Lipinski definition) is 3. The van der Waals surface area contributed by atoms with Gasteiger partial charge >= 0.3 is 6.09 Å². The highest BCUT2D eigenvalue weighted by molar-refractivity contribution is 7.91. The number of aryl methyl sites for hydroxylation is 1. The maximum Gasteiger partial charge on any atom is 0.410 e. The average molecular weight is 740 g/mol. The van der Waals surface area contributed by atoms with E-state index in [-0.39, 0.29) is 24.8 Å². The lowest BCUT2D eigenvalue weighted by Gasteiger charge is -2.30. The standard InChI is InChI=1S/C38H53N5O8S/c44-33-17-10-6-1-3-7-12-25-13-11-14-26-22-42(24-30(25)26)37(48)51-28-20-32-34(45)40-38(36(47)41-52(49,50)29-18-19-29)21-27(38)15-8-4-2-5-9-16-31(39-33)35(46)43(32)23-28/h11,13-14,27-29,31-32H,1-10,12,15-24H2,(H,39,44)(H,40,45)(H,41,47)/t27-,28+,31-,32-,38+/m0/s1. The van der Waals surface area contributed by atoms with E-state index < -0.39 is 62.8 Å². The molecule has 284 valence electrons. The number of amides is 5. The van der Waals surface area contributed by atoms with Crippen LogP contribution in [0.4, 0.5) is 4.79 Å². The second kappa shape index (κ2) is 15.4. The molecular formula is C38H53N5O8S. The van der Waals surface area contributed by atoms with Crippen LogP contribution in [0.5, 0.6) is 0 Å². The lowest BCUT2D eigenvalue weighted by atomic mass is 9.98. The van der Waals surface area contributed by atoms with E-state index in [9.17, 15) is 32.4 Å². The molecule has 2 saturated carbocycles. The minimum Gasteiger partial charge on any atom is -0.444 e. The van der Waals surface area contributed by atoms with Gasteiger partial charge in [0.2, 0.25) is 27.7 Å². The van der Waals surface area contributed by atoms with Gasteiger partial charge in [0.15, 0.2) is 0 Å². The van der Waals surface area contributed by atoms with E-state index in [1.807, 2.05) is 12.1 Å². The van der Waals surface area contributed by atoms with Gasteiger partial charge in [-0.25, -0.2) is 13.2 Å². The molecule has 0 radical (unpaired) electrons. The third-order valence-corrected chi connectivity index (χ3v) is 13.9. The van der Waals surface area contributed by atoms with Gasteiger partial charge in [-0.1, -0.05) is 69.6 Å². The quantitative estimate of drug-likeness (QED) is 0.421. The average Bonchev–Trinajstić information content (AvgIpc) is 3.99. The van der Waals surface area contributed by atoms with Crippen molar-refractivity contribution in [3.63, 3.8) is 0 Å². The van der Waals surface area contributed by atoms with Crippen LogP contribution in [0.1, 0.15) is 126 Å². The highest BCUT2D eigenvalue weighted by atomic mass is 32.2. The fourth-order valence-corrected chi connectivity index (χ4v) is 10.1. The predicted octanol–water partition coefficient (Wildman–Crippen LogP) is 3.72. The molecule has 0 unspecified atom stereocenters. The molecule has 52 heavy (non-hydrogen) atoms. The maximum absolute atomic E-state index is 14.4. The van der Waals surface area contributed by atoms with Crippen LogP contribution in [0.25, 0.3) is 0 Å². The van der Waals surface area contributed by atoms with E-state index in [0.29, 0.717) is 58.0 Å². The first-order chi connectivity index (χ1) is 25.0. The van der Waals surface area contributed by atoms with Gasteiger partial charge < -0.3 is 20.3 Å². The SMILES string of the molecule is O=C1CCCCCCCc2cccc3c2CN(C3)C(=O)O[C@@H]2C[C@H]3C(=O)N[C@]4(C(=O)NS(=O)(=O)C5CC5)C[C@@H]4CCCCCCC[C@H](N1)C(=O)N3C2. The monoisotopic (exact) mass is 739 g/mol. The minimum atomic E-state index is -3.85. The molecule has 4 aliphatic heterocycles. The molecule has 5 atom stereocenters. The maximum atomic E-state index is 14.4. The van der Waals surface area contributed by atoms with Crippen LogP contribution in [0.3, 0.4) is 0 Å². The molecule has 2 saturated heterocycles. The largest absolute Gasteiger partial charge is 0.444 e. The Balaban J connectivity index is 1.15. The number of benzene rings is 1. The number of nitrogens with zero attached hydrogens (tertiary/aromatic N) is 2. The number of carbonyl (C=O) groups excluding carboxylic acids is 5. The predicted molar refractivity (Wildman–Crippen MR) is 191 cm³/mol. The van der Waals surface area contributed by atoms with E-state index in [2.05, 4.69) is 21.4 Å². The van der Waals surface area contributed by atoms with Gasteiger partial charge in [0.1, 0.15) is 23.7 Å². The molecule has 5 bridgehead atoms. The van der Waals surface area contributed by atoms with Crippen LogP contribution >= 0.6 is 0 Å². The van der Waals surface area contributed by atoms with Gasteiger partial charge in [-0.3, -0.25) is 28.8 Å². The molecule has 5 amide bonds. The van der Waals surface area contributed by atoms with Gasteiger partial charge in [0.05, 0.1) is 11.8 Å². The Morgan fingerprint density at radius 3 is 2.31 bits per heavy atom. The summed E-state index contributed by atoms with van der Waals surface area (Å²) < 4.78 is 33.9. The zero-order chi connectivity index (χ0) is 36.5. The van der Waals surface area contributed by atoms with Crippen LogP contribution in [-0.2, 0) is 53.4 Å². The summed E-state index contributed by atoms with van der Waals surface area (Å²) in [6.45, 7) is 0.804. The molecular weight excluding hydrogens is 687 g/mol. The van der Waals surface area contributed by atoms with Crippen LogP contribution in [0.15, 0.2) is 18.2 Å². The molecule has 4 fully saturated rings. The highest BCUT2D eigenvalue weighted by Gasteiger charge is 2.62. The summed E-state index contributed by atoms with van der Waals surface area (Å²) in [4.78, 5) is 72.3. The lowest BCUT2D eigenvalue weighted by Crippen LogP contribution is -2.58. The topological polar surface area (TPSA) is 171 Å². The molecule has 6 aliphatic rings. The molecule has 14 heteroatoms. The van der Waals surface area contributed by atoms with E-state index in [4.69, 9.17) is 4.74 Å². The highest BCUT2D eigenvalue weighted by Crippen LogP contribution is 2.48. The van der Waals surface area contributed by atoms with Gasteiger partial charge in [-0.15, -0.1) is 0 Å². The van der Waals surface area contributed by atoms with E-state index in [0.717, 1.165) is 75.3 Å². The van der Waals surface area contributed by atoms with Gasteiger partial charge in [-0.05, 0) is 74.0 Å². The number of fused-ring (bicyclic) bond motifs is 4.